The summed E-state index contributed by atoms with van der Waals surface area (Å²) in [6.07, 6.45) is 3.29. The Bertz CT molecular complexity index is 195. The number of carbonyl (C=O) groups is 1. The van der Waals surface area contributed by atoms with E-state index in [0.29, 0.717) is 13.0 Å². The first-order valence-corrected chi connectivity index (χ1v) is 5.23. The van der Waals surface area contributed by atoms with Crippen LogP contribution in [-0.2, 0) is 4.79 Å². The maximum atomic E-state index is 11.2. The Hall–Kier alpha value is -0.610. The van der Waals surface area contributed by atoms with Crippen LogP contribution in [-0.4, -0.2) is 48.7 Å². The molecule has 0 bridgehead atoms. The Morgan fingerprint density at radius 1 is 1.50 bits per heavy atom. The van der Waals surface area contributed by atoms with Crippen molar-refractivity contribution >= 4 is 5.91 Å². The second kappa shape index (κ2) is 5.32. The quantitative estimate of drug-likeness (QED) is 0.670. The lowest BCUT2D eigenvalue weighted by atomic mass is 10.2. The van der Waals surface area contributed by atoms with Gasteiger partial charge in [-0.05, 0) is 19.3 Å². The summed E-state index contributed by atoms with van der Waals surface area (Å²) in [5.74, 6) is 0.130. The van der Waals surface area contributed by atoms with Gasteiger partial charge in [-0.15, -0.1) is 0 Å². The first-order chi connectivity index (χ1) is 6.61. The fourth-order valence-electron chi connectivity index (χ4n) is 1.77. The van der Waals surface area contributed by atoms with Crippen molar-refractivity contribution in [2.45, 2.75) is 37.8 Å². The standard InChI is InChI=1S/C10H20N2O2/c1-12(2)10(14)6-7-11-8-4-3-5-9(8)13/h8-9,11,13H,3-7H2,1-2H3/t8-,9-/m1/s1. The average Bonchev–Trinajstić information content (AvgIpc) is 2.51. The number of hydrogen-bond donors (Lipinski definition) is 2. The van der Waals surface area contributed by atoms with Crippen molar-refractivity contribution in [2.24, 2.45) is 0 Å². The van der Waals surface area contributed by atoms with E-state index >= 15 is 0 Å². The van der Waals surface area contributed by atoms with Crippen molar-refractivity contribution in [3.8, 4) is 0 Å². The largest absolute Gasteiger partial charge is 0.392 e. The third-order valence-corrected chi connectivity index (χ3v) is 2.72. The van der Waals surface area contributed by atoms with Crippen molar-refractivity contribution < 1.29 is 9.90 Å². The lowest BCUT2D eigenvalue weighted by Gasteiger charge is -2.17. The van der Waals surface area contributed by atoms with E-state index in [4.69, 9.17) is 0 Å². The van der Waals surface area contributed by atoms with Crippen LogP contribution >= 0.6 is 0 Å². The van der Waals surface area contributed by atoms with Crippen molar-refractivity contribution in [3.63, 3.8) is 0 Å². The van der Waals surface area contributed by atoms with Crippen LogP contribution in [0.25, 0.3) is 0 Å². The van der Waals surface area contributed by atoms with Gasteiger partial charge in [0.2, 0.25) is 5.91 Å². The van der Waals surface area contributed by atoms with Crippen molar-refractivity contribution in [1.82, 2.24) is 10.2 Å². The highest BCUT2D eigenvalue weighted by Crippen LogP contribution is 2.18. The minimum Gasteiger partial charge on any atom is -0.392 e. The van der Waals surface area contributed by atoms with Crippen LogP contribution in [0.5, 0.6) is 0 Å². The second-order valence-electron chi connectivity index (χ2n) is 4.10. The normalized spacial score (nSPS) is 26.5. The Morgan fingerprint density at radius 3 is 2.71 bits per heavy atom. The zero-order chi connectivity index (χ0) is 10.6. The minimum atomic E-state index is -0.218. The van der Waals surface area contributed by atoms with E-state index < -0.39 is 0 Å². The number of nitrogens with one attached hydrogen (secondary N) is 1. The summed E-state index contributed by atoms with van der Waals surface area (Å²) in [4.78, 5) is 12.8. The summed E-state index contributed by atoms with van der Waals surface area (Å²) in [6, 6.07) is 0.199. The maximum absolute atomic E-state index is 11.2. The van der Waals surface area contributed by atoms with Gasteiger partial charge >= 0.3 is 0 Å². The zero-order valence-corrected chi connectivity index (χ0v) is 8.99. The number of amides is 1. The molecule has 1 aliphatic carbocycles. The van der Waals surface area contributed by atoms with Crippen molar-refractivity contribution in [2.75, 3.05) is 20.6 Å². The molecule has 4 nitrogen and oxygen atoms in total. The topological polar surface area (TPSA) is 52.6 Å². The Kier molecular flexibility index (Phi) is 4.35. The molecule has 1 saturated carbocycles. The molecular weight excluding hydrogens is 180 g/mol. The van der Waals surface area contributed by atoms with Gasteiger partial charge in [0.25, 0.3) is 0 Å². The van der Waals surface area contributed by atoms with Crippen molar-refractivity contribution in [3.05, 3.63) is 0 Å². The summed E-state index contributed by atoms with van der Waals surface area (Å²) < 4.78 is 0. The van der Waals surface area contributed by atoms with Crippen LogP contribution in [0.1, 0.15) is 25.7 Å². The lowest BCUT2D eigenvalue weighted by molar-refractivity contribution is -0.128. The highest BCUT2D eigenvalue weighted by Gasteiger charge is 2.24. The highest BCUT2D eigenvalue weighted by atomic mass is 16.3. The molecule has 0 aliphatic heterocycles. The summed E-state index contributed by atoms with van der Waals surface area (Å²) in [5.41, 5.74) is 0. The molecule has 0 aromatic rings. The third-order valence-electron chi connectivity index (χ3n) is 2.72. The molecule has 0 heterocycles. The van der Waals surface area contributed by atoms with Crippen LogP contribution in [0.15, 0.2) is 0 Å². The maximum Gasteiger partial charge on any atom is 0.223 e. The first kappa shape index (κ1) is 11.5. The smallest absolute Gasteiger partial charge is 0.223 e. The van der Waals surface area contributed by atoms with Gasteiger partial charge in [-0.3, -0.25) is 4.79 Å². The van der Waals surface area contributed by atoms with Gasteiger partial charge in [-0.25, -0.2) is 0 Å². The first-order valence-electron chi connectivity index (χ1n) is 5.23. The van der Waals surface area contributed by atoms with E-state index in [1.165, 1.54) is 0 Å². The summed E-state index contributed by atoms with van der Waals surface area (Å²) >= 11 is 0. The average molecular weight is 200 g/mol. The molecule has 82 valence electrons. The predicted octanol–water partition coefficient (Wildman–Crippen LogP) is -0.0323. The van der Waals surface area contributed by atoms with E-state index in [0.717, 1.165) is 19.3 Å². The van der Waals surface area contributed by atoms with Crippen LogP contribution in [0, 0.1) is 0 Å². The van der Waals surface area contributed by atoms with Crippen LogP contribution in [0.4, 0.5) is 0 Å². The Balaban J connectivity index is 2.12. The van der Waals surface area contributed by atoms with Gasteiger partial charge < -0.3 is 15.3 Å². The van der Waals surface area contributed by atoms with Gasteiger partial charge in [0.15, 0.2) is 0 Å². The number of rotatable bonds is 4. The van der Waals surface area contributed by atoms with E-state index in [2.05, 4.69) is 5.32 Å². The molecule has 1 fully saturated rings. The van der Waals surface area contributed by atoms with Gasteiger partial charge in [0.1, 0.15) is 0 Å². The highest BCUT2D eigenvalue weighted by molar-refractivity contribution is 5.75. The number of carbonyl (C=O) groups excluding carboxylic acids is 1. The molecule has 2 atom stereocenters. The van der Waals surface area contributed by atoms with Gasteiger partial charge in [-0.2, -0.15) is 0 Å². The van der Waals surface area contributed by atoms with Crippen LogP contribution in [0.2, 0.25) is 0 Å². The molecule has 0 aromatic heterocycles. The van der Waals surface area contributed by atoms with Gasteiger partial charge in [0.05, 0.1) is 6.10 Å². The van der Waals surface area contributed by atoms with E-state index in [1.54, 1.807) is 19.0 Å². The number of aliphatic hydroxyl groups excluding tert-OH is 1. The monoisotopic (exact) mass is 200 g/mol. The number of nitrogens with zero attached hydrogens (tertiary/aromatic N) is 1. The van der Waals surface area contributed by atoms with E-state index in [9.17, 15) is 9.90 Å². The number of aliphatic hydroxyl groups is 1. The van der Waals surface area contributed by atoms with Crippen LogP contribution in [0.3, 0.4) is 0 Å². The van der Waals surface area contributed by atoms with Gasteiger partial charge in [0, 0.05) is 33.1 Å². The molecule has 0 saturated heterocycles. The molecule has 1 aliphatic rings. The molecule has 14 heavy (non-hydrogen) atoms. The molecule has 0 spiro atoms. The summed E-state index contributed by atoms with van der Waals surface area (Å²) in [7, 11) is 3.51. The molecule has 0 unspecified atom stereocenters. The molecule has 2 N–H and O–H groups in total. The minimum absolute atomic E-state index is 0.130. The van der Waals surface area contributed by atoms with E-state index in [-0.39, 0.29) is 18.1 Å². The molecule has 0 radical (unpaired) electrons. The molecule has 1 rings (SSSR count). The Morgan fingerprint density at radius 2 is 2.21 bits per heavy atom. The molecule has 4 heteroatoms. The SMILES string of the molecule is CN(C)C(=O)CCN[C@@H]1CCC[C@H]1O. The zero-order valence-electron chi connectivity index (χ0n) is 8.99. The van der Waals surface area contributed by atoms with Gasteiger partial charge in [-0.1, -0.05) is 0 Å². The molecule has 0 aromatic carbocycles. The second-order valence-corrected chi connectivity index (χ2v) is 4.10. The fourth-order valence-corrected chi connectivity index (χ4v) is 1.77. The van der Waals surface area contributed by atoms with Crippen LogP contribution < -0.4 is 5.32 Å². The predicted molar refractivity (Wildman–Crippen MR) is 55.0 cm³/mol. The van der Waals surface area contributed by atoms with E-state index in [1.807, 2.05) is 0 Å². The lowest BCUT2D eigenvalue weighted by Crippen LogP contribution is -2.37. The summed E-state index contributed by atoms with van der Waals surface area (Å²) in [6.45, 7) is 0.665. The molecular formula is C10H20N2O2. The van der Waals surface area contributed by atoms with Crippen molar-refractivity contribution in [1.29, 1.82) is 0 Å². The number of hydrogen-bond acceptors (Lipinski definition) is 3. The third kappa shape index (κ3) is 3.27. The summed E-state index contributed by atoms with van der Waals surface area (Å²) in [5, 5.41) is 12.7. The molecule has 1 amide bonds. The fraction of sp³-hybridized carbons (Fsp3) is 0.900. The Labute approximate surface area is 85.3 Å².